The number of carbonyl (C=O) groups is 1. The number of nitrogens with zero attached hydrogens (tertiary/aromatic N) is 6. The van der Waals surface area contributed by atoms with Crippen molar-refractivity contribution < 1.29 is 18.3 Å². The molecule has 2 heterocycles. The topological polar surface area (TPSA) is 76.4 Å². The van der Waals surface area contributed by atoms with Gasteiger partial charge in [0, 0.05) is 32.2 Å². The van der Waals surface area contributed by atoms with E-state index in [1.807, 2.05) is 48.2 Å². The highest BCUT2D eigenvalue weighted by molar-refractivity contribution is 6.09. The van der Waals surface area contributed by atoms with E-state index >= 15 is 0 Å². The lowest BCUT2D eigenvalue weighted by atomic mass is 10.0. The predicted molar refractivity (Wildman–Crippen MR) is 125 cm³/mol. The normalized spacial score (nSPS) is 14.4. The summed E-state index contributed by atoms with van der Waals surface area (Å²) in [4.78, 5) is 17.5. The molecule has 1 aromatic heterocycles. The number of rotatable bonds is 6. The maximum atomic E-state index is 13.7. The minimum absolute atomic E-state index is 0.0588. The minimum Gasteiger partial charge on any atom is -0.493 e. The number of amides is 1. The average Bonchev–Trinajstić information content (AvgIpc) is 3.34. The molecule has 1 aliphatic heterocycles. The van der Waals surface area contributed by atoms with E-state index in [0.29, 0.717) is 62.2 Å². The Kier molecular flexibility index (Phi) is 6.37. The van der Waals surface area contributed by atoms with Gasteiger partial charge in [-0.2, -0.15) is 4.68 Å². The molecule has 0 radical (unpaired) electrons. The van der Waals surface area contributed by atoms with Crippen molar-refractivity contribution >= 4 is 16.7 Å². The minimum atomic E-state index is -0.962. The van der Waals surface area contributed by atoms with Crippen LogP contribution in [0.4, 0.5) is 8.78 Å². The van der Waals surface area contributed by atoms with Crippen molar-refractivity contribution in [2.24, 2.45) is 0 Å². The molecular formula is C25H24F2N6O2. The molecule has 3 aromatic carbocycles. The van der Waals surface area contributed by atoms with Crippen LogP contribution < -0.4 is 4.74 Å². The van der Waals surface area contributed by atoms with E-state index < -0.39 is 11.6 Å². The van der Waals surface area contributed by atoms with Crippen LogP contribution in [0.2, 0.25) is 0 Å². The fraction of sp³-hybridized carbons (Fsp3) is 0.280. The molecule has 0 spiro atoms. The van der Waals surface area contributed by atoms with Crippen LogP contribution in [0.25, 0.3) is 16.5 Å². The molecule has 0 saturated carbocycles. The fourth-order valence-electron chi connectivity index (χ4n) is 4.34. The van der Waals surface area contributed by atoms with E-state index in [-0.39, 0.29) is 5.91 Å². The van der Waals surface area contributed by atoms with Crippen molar-refractivity contribution in [1.82, 2.24) is 30.0 Å². The molecule has 4 aromatic rings. The van der Waals surface area contributed by atoms with E-state index in [0.717, 1.165) is 22.9 Å². The summed E-state index contributed by atoms with van der Waals surface area (Å²) in [6.45, 7) is 5.07. The smallest absolute Gasteiger partial charge is 0.258 e. The third-order valence-electron chi connectivity index (χ3n) is 6.11. The molecule has 180 valence electrons. The molecule has 10 heteroatoms. The van der Waals surface area contributed by atoms with Crippen molar-refractivity contribution in [1.29, 1.82) is 0 Å². The highest BCUT2D eigenvalue weighted by atomic mass is 19.2. The summed E-state index contributed by atoms with van der Waals surface area (Å²) in [7, 11) is 0. The fourth-order valence-corrected chi connectivity index (χ4v) is 4.34. The second-order valence-corrected chi connectivity index (χ2v) is 8.27. The Balaban J connectivity index is 1.30. The largest absolute Gasteiger partial charge is 0.493 e. The first-order chi connectivity index (χ1) is 17.0. The van der Waals surface area contributed by atoms with Crippen LogP contribution >= 0.6 is 0 Å². The molecule has 0 unspecified atom stereocenters. The monoisotopic (exact) mass is 478 g/mol. The molecule has 1 aliphatic rings. The van der Waals surface area contributed by atoms with E-state index in [1.165, 1.54) is 10.7 Å². The lowest BCUT2D eigenvalue weighted by Gasteiger charge is -2.34. The number of halogens is 2. The summed E-state index contributed by atoms with van der Waals surface area (Å²) in [5.74, 6) is -0.858. The zero-order valence-electron chi connectivity index (χ0n) is 19.2. The van der Waals surface area contributed by atoms with E-state index in [2.05, 4.69) is 20.4 Å². The van der Waals surface area contributed by atoms with Crippen LogP contribution in [0.5, 0.6) is 5.75 Å². The van der Waals surface area contributed by atoms with Crippen LogP contribution in [-0.2, 0) is 6.54 Å². The van der Waals surface area contributed by atoms with Crippen LogP contribution in [0, 0.1) is 11.6 Å². The van der Waals surface area contributed by atoms with Crippen LogP contribution in [-0.4, -0.2) is 68.7 Å². The van der Waals surface area contributed by atoms with Gasteiger partial charge in [0.15, 0.2) is 17.5 Å². The zero-order valence-corrected chi connectivity index (χ0v) is 19.2. The van der Waals surface area contributed by atoms with Gasteiger partial charge in [-0.1, -0.05) is 30.3 Å². The summed E-state index contributed by atoms with van der Waals surface area (Å²) in [6.07, 6.45) is 0. The number of benzene rings is 3. The molecule has 0 N–H and O–H groups in total. The van der Waals surface area contributed by atoms with E-state index in [1.54, 1.807) is 0 Å². The summed E-state index contributed by atoms with van der Waals surface area (Å²) in [6, 6.07) is 15.1. The van der Waals surface area contributed by atoms with Gasteiger partial charge in [-0.3, -0.25) is 9.69 Å². The standard InChI is InChI=1S/C25H24F2N6O2/c1-2-35-22-10-7-17-5-3-4-6-19(17)24(22)25(34)32-13-11-31(12-14-32)16-23-28-29-30-33(23)18-8-9-20(26)21(27)15-18/h3-10,15H,2,11-14,16H2,1H3. The molecule has 5 rings (SSSR count). The van der Waals surface area contributed by atoms with Crippen molar-refractivity contribution in [3.05, 3.63) is 77.6 Å². The van der Waals surface area contributed by atoms with Crippen molar-refractivity contribution in [2.45, 2.75) is 13.5 Å². The van der Waals surface area contributed by atoms with Gasteiger partial charge < -0.3 is 9.64 Å². The van der Waals surface area contributed by atoms with Gasteiger partial charge in [-0.15, -0.1) is 5.10 Å². The number of hydrogen-bond donors (Lipinski definition) is 0. The molecule has 8 nitrogen and oxygen atoms in total. The number of aromatic nitrogens is 4. The van der Waals surface area contributed by atoms with Crippen molar-refractivity contribution in [2.75, 3.05) is 32.8 Å². The summed E-state index contributed by atoms with van der Waals surface area (Å²) >= 11 is 0. The number of hydrogen-bond acceptors (Lipinski definition) is 6. The maximum absolute atomic E-state index is 13.7. The van der Waals surface area contributed by atoms with Gasteiger partial charge >= 0.3 is 0 Å². The quantitative estimate of drug-likeness (QED) is 0.423. The third-order valence-corrected chi connectivity index (χ3v) is 6.11. The van der Waals surface area contributed by atoms with Gasteiger partial charge in [0.2, 0.25) is 0 Å². The predicted octanol–water partition coefficient (Wildman–Crippen LogP) is 3.45. The van der Waals surface area contributed by atoms with Gasteiger partial charge in [0.05, 0.1) is 24.4 Å². The highest BCUT2D eigenvalue weighted by Crippen LogP contribution is 2.30. The Morgan fingerprint density at radius 1 is 1.00 bits per heavy atom. The SMILES string of the molecule is CCOc1ccc2ccccc2c1C(=O)N1CCN(Cc2nnnn2-c2ccc(F)c(F)c2)CC1. The van der Waals surface area contributed by atoms with Crippen LogP contribution in [0.15, 0.2) is 54.6 Å². The third kappa shape index (κ3) is 4.57. The van der Waals surface area contributed by atoms with Crippen molar-refractivity contribution in [3.8, 4) is 11.4 Å². The first-order valence-corrected chi connectivity index (χ1v) is 11.4. The maximum Gasteiger partial charge on any atom is 0.258 e. The average molecular weight is 479 g/mol. The zero-order chi connectivity index (χ0) is 24.4. The number of ether oxygens (including phenoxy) is 1. The molecule has 1 fully saturated rings. The summed E-state index contributed by atoms with van der Waals surface area (Å²) < 4.78 is 34.2. The van der Waals surface area contributed by atoms with Gasteiger partial charge in [-0.25, -0.2) is 8.78 Å². The first-order valence-electron chi connectivity index (χ1n) is 11.4. The Hall–Kier alpha value is -3.92. The summed E-state index contributed by atoms with van der Waals surface area (Å²) in [5, 5.41) is 13.5. The van der Waals surface area contributed by atoms with Gasteiger partial charge in [-0.05, 0) is 46.3 Å². The number of carbonyl (C=O) groups excluding carboxylic acids is 1. The van der Waals surface area contributed by atoms with E-state index in [4.69, 9.17) is 4.74 Å². The molecular weight excluding hydrogens is 454 g/mol. The Morgan fingerprint density at radius 2 is 1.80 bits per heavy atom. The molecule has 35 heavy (non-hydrogen) atoms. The molecule has 1 amide bonds. The Bertz CT molecular complexity index is 1370. The number of fused-ring (bicyclic) bond motifs is 1. The highest BCUT2D eigenvalue weighted by Gasteiger charge is 2.27. The lowest BCUT2D eigenvalue weighted by Crippen LogP contribution is -2.48. The van der Waals surface area contributed by atoms with Crippen molar-refractivity contribution in [3.63, 3.8) is 0 Å². The van der Waals surface area contributed by atoms with Gasteiger partial charge in [0.1, 0.15) is 5.75 Å². The lowest BCUT2D eigenvalue weighted by molar-refractivity contribution is 0.0622. The molecule has 0 aliphatic carbocycles. The van der Waals surface area contributed by atoms with Crippen LogP contribution in [0.1, 0.15) is 23.1 Å². The Morgan fingerprint density at radius 3 is 2.57 bits per heavy atom. The van der Waals surface area contributed by atoms with E-state index in [9.17, 15) is 13.6 Å². The second kappa shape index (κ2) is 9.75. The molecule has 0 atom stereocenters. The molecule has 1 saturated heterocycles. The number of piperazine rings is 1. The van der Waals surface area contributed by atoms with Crippen LogP contribution in [0.3, 0.4) is 0 Å². The first kappa shape index (κ1) is 22.9. The Labute approximate surface area is 200 Å². The number of tetrazole rings is 1. The second-order valence-electron chi connectivity index (χ2n) is 8.27. The summed E-state index contributed by atoms with van der Waals surface area (Å²) in [5.41, 5.74) is 0.929. The molecule has 0 bridgehead atoms. The van der Waals surface area contributed by atoms with Gasteiger partial charge in [0.25, 0.3) is 5.91 Å².